The molecule has 23 heavy (non-hydrogen) atoms. The van der Waals surface area contributed by atoms with Crippen LogP contribution in [0.15, 0.2) is 24.3 Å². The predicted molar refractivity (Wildman–Crippen MR) is 90.0 cm³/mol. The minimum atomic E-state index is -3.41. The monoisotopic (exact) mass is 337 g/mol. The van der Waals surface area contributed by atoms with Gasteiger partial charge in [0.1, 0.15) is 0 Å². The van der Waals surface area contributed by atoms with E-state index in [1.165, 1.54) is 12.8 Å². The molecule has 0 spiro atoms. The Bertz CT molecular complexity index is 678. The minimum absolute atomic E-state index is 0.0272. The molecular formula is C16H23N3O3S. The van der Waals surface area contributed by atoms with Crippen LogP contribution in [0.2, 0.25) is 0 Å². The Balaban J connectivity index is 1.72. The molecule has 7 heteroatoms. The minimum Gasteiger partial charge on any atom is -0.349 e. The molecule has 2 fully saturated rings. The highest BCUT2D eigenvalue weighted by Crippen LogP contribution is 2.27. The van der Waals surface area contributed by atoms with E-state index in [-0.39, 0.29) is 17.7 Å². The highest BCUT2D eigenvalue weighted by atomic mass is 32.2. The lowest BCUT2D eigenvalue weighted by atomic mass is 9.99. The second-order valence-corrected chi connectivity index (χ2v) is 8.34. The van der Waals surface area contributed by atoms with E-state index in [4.69, 9.17) is 0 Å². The first-order valence-electron chi connectivity index (χ1n) is 8.13. The third kappa shape index (κ3) is 3.84. The molecule has 2 bridgehead atoms. The molecule has 2 unspecified atom stereocenters. The van der Waals surface area contributed by atoms with E-state index in [1.807, 2.05) is 0 Å². The van der Waals surface area contributed by atoms with Gasteiger partial charge in [-0.25, -0.2) is 8.42 Å². The molecule has 3 rings (SSSR count). The van der Waals surface area contributed by atoms with E-state index in [9.17, 15) is 13.2 Å². The average Bonchev–Trinajstić information content (AvgIpc) is 2.86. The number of fused-ring (bicyclic) bond motifs is 2. The number of para-hydroxylation sites is 1. The molecule has 2 aliphatic heterocycles. The van der Waals surface area contributed by atoms with E-state index < -0.39 is 10.0 Å². The first-order chi connectivity index (χ1) is 11.0. The lowest BCUT2D eigenvalue weighted by Crippen LogP contribution is -2.48. The van der Waals surface area contributed by atoms with Gasteiger partial charge < -0.3 is 10.6 Å². The Morgan fingerprint density at radius 3 is 2.52 bits per heavy atom. The smallest absolute Gasteiger partial charge is 0.253 e. The summed E-state index contributed by atoms with van der Waals surface area (Å²) >= 11 is 0. The van der Waals surface area contributed by atoms with Gasteiger partial charge in [-0.2, -0.15) is 0 Å². The molecule has 0 radical (unpaired) electrons. The van der Waals surface area contributed by atoms with Crippen molar-refractivity contribution < 1.29 is 13.2 Å². The Morgan fingerprint density at radius 1 is 1.22 bits per heavy atom. The molecule has 0 aliphatic carbocycles. The van der Waals surface area contributed by atoms with Crippen LogP contribution in [0.1, 0.15) is 43.0 Å². The van der Waals surface area contributed by atoms with Crippen molar-refractivity contribution in [3.05, 3.63) is 29.8 Å². The summed E-state index contributed by atoms with van der Waals surface area (Å²) in [7, 11) is -3.41. The number of carbonyl (C=O) groups excluding carboxylic acids is 1. The van der Waals surface area contributed by atoms with Crippen molar-refractivity contribution in [3.8, 4) is 0 Å². The average molecular weight is 337 g/mol. The van der Waals surface area contributed by atoms with Gasteiger partial charge in [-0.3, -0.25) is 9.52 Å². The van der Waals surface area contributed by atoms with Gasteiger partial charge >= 0.3 is 0 Å². The molecular weight excluding hydrogens is 314 g/mol. The van der Waals surface area contributed by atoms with Crippen LogP contribution in [-0.4, -0.2) is 38.2 Å². The third-order valence-electron chi connectivity index (χ3n) is 4.63. The number of anilines is 1. The topological polar surface area (TPSA) is 87.3 Å². The number of rotatable bonds is 5. The number of benzene rings is 1. The summed E-state index contributed by atoms with van der Waals surface area (Å²) in [6.45, 7) is 1.57. The summed E-state index contributed by atoms with van der Waals surface area (Å²) in [4.78, 5) is 12.6. The van der Waals surface area contributed by atoms with Gasteiger partial charge in [0.15, 0.2) is 0 Å². The molecule has 3 N–H and O–H groups in total. The van der Waals surface area contributed by atoms with Gasteiger partial charge in [0.25, 0.3) is 5.91 Å². The number of amides is 1. The van der Waals surface area contributed by atoms with Crippen molar-refractivity contribution in [2.45, 2.75) is 50.7 Å². The van der Waals surface area contributed by atoms with Crippen LogP contribution in [0.5, 0.6) is 0 Å². The lowest BCUT2D eigenvalue weighted by Gasteiger charge is -2.29. The molecule has 2 atom stereocenters. The summed E-state index contributed by atoms with van der Waals surface area (Å²) in [5, 5.41) is 6.61. The number of carbonyl (C=O) groups is 1. The van der Waals surface area contributed by atoms with Crippen LogP contribution in [0.3, 0.4) is 0 Å². The summed E-state index contributed by atoms with van der Waals surface area (Å²) < 4.78 is 26.0. The molecule has 1 aromatic carbocycles. The van der Waals surface area contributed by atoms with Gasteiger partial charge in [-0.05, 0) is 44.7 Å². The quantitative estimate of drug-likeness (QED) is 0.759. The normalized spacial score (nSPS) is 26.7. The van der Waals surface area contributed by atoms with Crippen molar-refractivity contribution >= 4 is 21.6 Å². The Kier molecular flexibility index (Phi) is 4.59. The third-order valence-corrected chi connectivity index (χ3v) is 5.92. The molecule has 0 saturated carbocycles. The summed E-state index contributed by atoms with van der Waals surface area (Å²) in [6, 6.07) is 7.87. The zero-order chi connectivity index (χ0) is 16.4. The zero-order valence-corrected chi connectivity index (χ0v) is 14.0. The van der Waals surface area contributed by atoms with Crippen LogP contribution in [0, 0.1) is 0 Å². The predicted octanol–water partition coefficient (Wildman–Crippen LogP) is 1.46. The van der Waals surface area contributed by atoms with Crippen molar-refractivity contribution in [2.75, 3.05) is 10.5 Å². The van der Waals surface area contributed by atoms with Gasteiger partial charge in [0.2, 0.25) is 10.0 Å². The standard InChI is InChI=1S/C16H23N3O3S/c1-2-23(21,22)19-15-6-4-3-5-14(15)16(20)18-13-9-11-7-8-12(10-13)17-11/h3-6,11-13,17,19H,2,7-10H2,1H3,(H,18,20). The molecule has 6 nitrogen and oxygen atoms in total. The van der Waals surface area contributed by atoms with Crippen LogP contribution in [0.4, 0.5) is 5.69 Å². The highest BCUT2D eigenvalue weighted by molar-refractivity contribution is 7.92. The zero-order valence-electron chi connectivity index (χ0n) is 13.2. The molecule has 2 saturated heterocycles. The first-order valence-corrected chi connectivity index (χ1v) is 9.78. The van der Waals surface area contributed by atoms with Crippen molar-refractivity contribution in [3.63, 3.8) is 0 Å². The van der Waals surface area contributed by atoms with Gasteiger partial charge in [-0.1, -0.05) is 12.1 Å². The van der Waals surface area contributed by atoms with Crippen molar-refractivity contribution in [2.24, 2.45) is 0 Å². The van der Waals surface area contributed by atoms with Crippen LogP contribution < -0.4 is 15.4 Å². The second kappa shape index (κ2) is 6.49. The fourth-order valence-corrected chi connectivity index (χ4v) is 4.11. The molecule has 1 amide bonds. The first kappa shape index (κ1) is 16.3. The largest absolute Gasteiger partial charge is 0.349 e. The number of sulfonamides is 1. The number of piperidine rings is 1. The maximum Gasteiger partial charge on any atom is 0.253 e. The van der Waals surface area contributed by atoms with Gasteiger partial charge in [0.05, 0.1) is 17.0 Å². The fourth-order valence-electron chi connectivity index (χ4n) is 3.45. The van der Waals surface area contributed by atoms with E-state index in [1.54, 1.807) is 31.2 Å². The molecule has 2 aliphatic rings. The number of nitrogens with one attached hydrogen (secondary N) is 3. The van der Waals surface area contributed by atoms with Crippen molar-refractivity contribution in [1.82, 2.24) is 10.6 Å². The SMILES string of the molecule is CCS(=O)(=O)Nc1ccccc1C(=O)NC1CC2CCC(C1)N2. The van der Waals surface area contributed by atoms with E-state index in [0.29, 0.717) is 23.3 Å². The fraction of sp³-hybridized carbons (Fsp3) is 0.562. The summed E-state index contributed by atoms with van der Waals surface area (Å²) in [5.74, 6) is -0.244. The number of hydrogen-bond donors (Lipinski definition) is 3. The maximum absolute atomic E-state index is 12.6. The summed E-state index contributed by atoms with van der Waals surface area (Å²) in [6.07, 6.45) is 4.21. The Labute approximate surface area is 137 Å². The van der Waals surface area contributed by atoms with E-state index in [2.05, 4.69) is 15.4 Å². The van der Waals surface area contributed by atoms with Crippen LogP contribution in [-0.2, 0) is 10.0 Å². The summed E-state index contributed by atoms with van der Waals surface area (Å²) in [5.41, 5.74) is 0.708. The van der Waals surface area contributed by atoms with Gasteiger partial charge in [0, 0.05) is 18.1 Å². The van der Waals surface area contributed by atoms with Crippen LogP contribution in [0.25, 0.3) is 0 Å². The van der Waals surface area contributed by atoms with Crippen LogP contribution >= 0.6 is 0 Å². The maximum atomic E-state index is 12.6. The van der Waals surface area contributed by atoms with E-state index in [0.717, 1.165) is 12.8 Å². The Hall–Kier alpha value is -1.60. The molecule has 2 heterocycles. The molecule has 126 valence electrons. The number of hydrogen-bond acceptors (Lipinski definition) is 4. The highest BCUT2D eigenvalue weighted by Gasteiger charge is 2.34. The van der Waals surface area contributed by atoms with Gasteiger partial charge in [-0.15, -0.1) is 0 Å². The molecule has 1 aromatic rings. The molecule has 0 aromatic heterocycles. The van der Waals surface area contributed by atoms with E-state index >= 15 is 0 Å². The second-order valence-electron chi connectivity index (χ2n) is 6.33. The van der Waals surface area contributed by atoms with Crippen molar-refractivity contribution in [1.29, 1.82) is 0 Å². The Morgan fingerprint density at radius 2 is 1.87 bits per heavy atom. The lowest BCUT2D eigenvalue weighted by molar-refractivity contribution is 0.0925.